The van der Waals surface area contributed by atoms with Crippen LogP contribution in [0.25, 0.3) is 0 Å². The van der Waals surface area contributed by atoms with Crippen molar-refractivity contribution in [1.29, 1.82) is 0 Å². The Morgan fingerprint density at radius 2 is 1.50 bits per heavy atom. The first-order valence-electron chi connectivity index (χ1n) is 28.8. The van der Waals surface area contributed by atoms with E-state index < -0.39 is 138 Å². The summed E-state index contributed by atoms with van der Waals surface area (Å²) in [4.78, 5) is 153. The molecule has 11 atom stereocenters. The number of hydrogen-bond acceptors (Lipinski definition) is 17. The van der Waals surface area contributed by atoms with Crippen molar-refractivity contribution in [2.24, 2.45) is 23.7 Å². The number of methoxy groups -OCH3 is 2. The Morgan fingerprint density at radius 1 is 0.805 bits per heavy atom. The van der Waals surface area contributed by atoms with Gasteiger partial charge in [0.05, 0.1) is 51.7 Å². The normalized spacial score (nSPS) is 29.2. The van der Waals surface area contributed by atoms with E-state index in [1.165, 1.54) is 38.1 Å². The molecule has 1 aromatic rings. The minimum atomic E-state index is -2.61. The van der Waals surface area contributed by atoms with E-state index in [1.54, 1.807) is 37.3 Å². The summed E-state index contributed by atoms with van der Waals surface area (Å²) in [5.41, 5.74) is 0.716. The lowest BCUT2D eigenvalue weighted by molar-refractivity contribution is -0.263. The molecule has 24 heteroatoms. The highest BCUT2D eigenvalue weighted by atomic mass is 16.6. The Labute approximate surface area is 480 Å². The average molecular weight is 1150 g/mol. The molecule has 5 N–H and O–H groups in total. The second kappa shape index (κ2) is 31.8. The number of carbonyl (C=O) groups excluding carboxylic acids is 11. The van der Waals surface area contributed by atoms with E-state index >= 15 is 0 Å². The molecule has 24 nitrogen and oxygen atoms in total. The van der Waals surface area contributed by atoms with E-state index in [0.29, 0.717) is 50.5 Å². The van der Waals surface area contributed by atoms with Crippen molar-refractivity contribution in [1.82, 2.24) is 36.0 Å². The zero-order valence-corrected chi connectivity index (χ0v) is 48.9. The Hall–Kier alpha value is -6.53. The second-order valence-corrected chi connectivity index (χ2v) is 22.8. The largest absolute Gasteiger partial charge is 0.469 e. The van der Waals surface area contributed by atoms with E-state index in [2.05, 4.69) is 26.0 Å². The van der Waals surface area contributed by atoms with Crippen LogP contribution < -0.4 is 21.3 Å². The fourth-order valence-corrected chi connectivity index (χ4v) is 11.2. The van der Waals surface area contributed by atoms with Gasteiger partial charge in [-0.1, -0.05) is 58.0 Å². The summed E-state index contributed by atoms with van der Waals surface area (Å²) in [5, 5.41) is 22.8. The Morgan fingerprint density at radius 3 is 2.18 bits per heavy atom. The molecule has 7 amide bonds. The molecule has 4 aliphatic rings. The highest BCUT2D eigenvalue weighted by Gasteiger charge is 2.53. The van der Waals surface area contributed by atoms with Crippen molar-refractivity contribution in [3.8, 4) is 0 Å². The number of Topliss-reactive ketones (excluding diaryl/α,β-unsaturated/α-hetero) is 1. The van der Waals surface area contributed by atoms with Gasteiger partial charge in [-0.3, -0.25) is 47.9 Å². The number of ether oxygens (including phenoxy) is 5. The Balaban J connectivity index is 1.38. The van der Waals surface area contributed by atoms with Crippen molar-refractivity contribution < 1.29 is 81.5 Å². The van der Waals surface area contributed by atoms with Crippen molar-refractivity contribution in [3.05, 3.63) is 35.9 Å². The number of cyclic esters (lactones) is 1. The number of ketones is 1. The van der Waals surface area contributed by atoms with Crippen LogP contribution in [0.4, 0.5) is 0 Å². The molecule has 3 aliphatic heterocycles. The third kappa shape index (κ3) is 19.3. The highest BCUT2D eigenvalue weighted by molar-refractivity contribution is 6.39. The first kappa shape index (κ1) is 66.3. The third-order valence-electron chi connectivity index (χ3n) is 16.1. The predicted molar refractivity (Wildman–Crippen MR) is 294 cm³/mol. The van der Waals surface area contributed by atoms with Gasteiger partial charge in [0.25, 0.3) is 11.7 Å². The summed E-state index contributed by atoms with van der Waals surface area (Å²) in [6.07, 6.45) is -0.0553. The molecule has 3 heterocycles. The number of nitrogens with one attached hydrogen (secondary N) is 4. The van der Waals surface area contributed by atoms with Crippen LogP contribution in [-0.4, -0.2) is 194 Å². The smallest absolute Gasteiger partial charge is 0.329 e. The molecule has 1 aliphatic carbocycles. The topological polar surface area (TPSA) is 312 Å². The molecule has 0 radical (unpaired) electrons. The molecule has 0 unspecified atom stereocenters. The summed E-state index contributed by atoms with van der Waals surface area (Å²) >= 11 is 0. The lowest BCUT2D eigenvalue weighted by Crippen LogP contribution is -2.60. The van der Waals surface area contributed by atoms with E-state index in [9.17, 15) is 57.8 Å². The minimum absolute atomic E-state index is 0.00298. The van der Waals surface area contributed by atoms with Crippen molar-refractivity contribution in [2.75, 3.05) is 61.0 Å². The van der Waals surface area contributed by atoms with Gasteiger partial charge in [0.15, 0.2) is 0 Å². The molecule has 0 aromatic heterocycles. The van der Waals surface area contributed by atoms with Crippen molar-refractivity contribution in [3.63, 3.8) is 0 Å². The summed E-state index contributed by atoms with van der Waals surface area (Å²) in [6, 6.07) is 5.45. The van der Waals surface area contributed by atoms with Gasteiger partial charge in [-0.25, -0.2) is 4.79 Å². The van der Waals surface area contributed by atoms with Crippen molar-refractivity contribution >= 4 is 65.0 Å². The zero-order valence-electron chi connectivity index (χ0n) is 48.9. The number of esters is 3. The number of likely N-dealkylation sites (N-methyl/N-ethyl adjacent to an activating group) is 2. The predicted octanol–water partition coefficient (Wildman–Crippen LogP) is 1.65. The van der Waals surface area contributed by atoms with Gasteiger partial charge in [-0.15, -0.1) is 0 Å². The summed E-state index contributed by atoms with van der Waals surface area (Å²) in [5.74, 6) is -12.0. The van der Waals surface area contributed by atoms with Gasteiger partial charge in [0.2, 0.25) is 41.2 Å². The number of piperidine rings is 1. The lowest BCUT2D eigenvalue weighted by Gasteiger charge is -2.42. The number of amides is 7. The van der Waals surface area contributed by atoms with Gasteiger partial charge in [0.1, 0.15) is 30.3 Å². The van der Waals surface area contributed by atoms with Crippen LogP contribution in [0.5, 0.6) is 0 Å². The van der Waals surface area contributed by atoms with E-state index in [1.807, 2.05) is 20.8 Å². The van der Waals surface area contributed by atoms with Crippen LogP contribution in [-0.2, 0) is 82.8 Å². The number of rotatable bonds is 12. The molecule has 2 bridgehead atoms. The zero-order chi connectivity index (χ0) is 60.3. The molecule has 4 fully saturated rings. The number of hydrogen-bond donors (Lipinski definition) is 5. The molecular formula is C58H87N7O17. The highest BCUT2D eigenvalue weighted by Crippen LogP contribution is 2.37. The minimum Gasteiger partial charge on any atom is -0.469 e. The third-order valence-corrected chi connectivity index (χ3v) is 16.1. The van der Waals surface area contributed by atoms with Gasteiger partial charge in [0, 0.05) is 59.6 Å². The monoisotopic (exact) mass is 1150 g/mol. The average Bonchev–Trinajstić information content (AvgIpc) is 2.78. The maximum atomic E-state index is 14.4. The van der Waals surface area contributed by atoms with Crippen LogP contribution in [0.3, 0.4) is 0 Å². The molecule has 82 heavy (non-hydrogen) atoms. The van der Waals surface area contributed by atoms with Crippen molar-refractivity contribution in [2.45, 2.75) is 179 Å². The summed E-state index contributed by atoms with van der Waals surface area (Å²) in [7, 11) is 5.57. The fourth-order valence-electron chi connectivity index (χ4n) is 11.2. The maximum Gasteiger partial charge on any atom is 0.329 e. The van der Waals surface area contributed by atoms with Crippen LogP contribution in [0.2, 0.25) is 0 Å². The fraction of sp³-hybridized carbons (Fsp3) is 0.707. The molecule has 3 saturated heterocycles. The van der Waals surface area contributed by atoms with Gasteiger partial charge in [-0.2, -0.15) is 0 Å². The van der Waals surface area contributed by atoms with E-state index in [-0.39, 0.29) is 89.3 Å². The SMILES string of the molecule is COC(=O)CCC(=O)O[C@@H]1CC[C@@H](C[C@@H](C)[C@@H]2CC(=O)NCCNC(=O)CN(C)C(=O)[C@H](Cc3ccccc3)NC(=O)[C@H](CC(C)C)N(C)C(=O)CNC(=O)CC[C@@H]3CC[C@@H](C)[C@@](O)(O3)C(=O)C(=O)N3CCCC[C@H]3C(=O)O2)C[C@H]1OC. The summed E-state index contributed by atoms with van der Waals surface area (Å²) < 4.78 is 28.3. The summed E-state index contributed by atoms with van der Waals surface area (Å²) in [6.45, 7) is 6.07. The van der Waals surface area contributed by atoms with Gasteiger partial charge in [-0.05, 0) is 93.9 Å². The number of aliphatic hydroxyl groups is 1. The van der Waals surface area contributed by atoms with Crippen LogP contribution in [0, 0.1) is 23.7 Å². The maximum absolute atomic E-state index is 14.4. The van der Waals surface area contributed by atoms with Crippen LogP contribution in [0.15, 0.2) is 30.3 Å². The molecule has 1 aromatic carbocycles. The quantitative estimate of drug-likeness (QED) is 0.113. The molecule has 0 spiro atoms. The number of fused-ring (bicyclic) bond motifs is 3. The Bertz CT molecular complexity index is 2410. The number of benzene rings is 1. The number of carbonyl (C=O) groups is 11. The van der Waals surface area contributed by atoms with E-state index in [4.69, 9.17) is 18.9 Å². The second-order valence-electron chi connectivity index (χ2n) is 22.8. The van der Waals surface area contributed by atoms with Gasteiger partial charge >= 0.3 is 17.9 Å². The van der Waals surface area contributed by atoms with E-state index in [0.717, 1.165) is 4.90 Å². The first-order chi connectivity index (χ1) is 38.9. The lowest BCUT2D eigenvalue weighted by atomic mass is 9.78. The molecule has 1 saturated carbocycles. The molecule has 5 rings (SSSR count). The molecular weight excluding hydrogens is 1070 g/mol. The van der Waals surface area contributed by atoms with Crippen LogP contribution >= 0.6 is 0 Å². The standard InChI is InChI=1S/C58H87N7O17/c1-35(2)28-43-54(73)62-41(30-38-14-10-9-11-15-38)55(74)63(5)34-49(68)60-26-25-59-48(67)32-45(36(3)29-39-18-21-44(46(31-39)78-7)80-52(71)24-23-51(70)79-8)81-57(76)42-16-12-13-27-65(42)56(75)53(72)58(77)37(4)17-19-40(82-58)20-22-47(66)61-33-50(69)64(43)6/h9-11,14-15,35-37,39-46,77H,12-13,16-34H2,1-8H3,(H,59,67)(H,60,68)(H,61,66)(H,62,73)/t36-,37-,39+,40+,41+,42+,43+,44-,45+,46-,58-/m1/s1. The first-order valence-corrected chi connectivity index (χ1v) is 28.8. The van der Waals surface area contributed by atoms with Crippen LogP contribution in [0.1, 0.15) is 130 Å². The molecule has 456 valence electrons. The van der Waals surface area contributed by atoms with Gasteiger partial charge < -0.3 is 64.8 Å². The number of nitrogens with zero attached hydrogens (tertiary/aromatic N) is 3. The Kier molecular flexibility index (Phi) is 25.7.